The minimum absolute atomic E-state index is 0.299. The Morgan fingerprint density at radius 3 is 2.42 bits per heavy atom. The Balaban J connectivity index is 1.76. The topological polar surface area (TPSA) is 49.3 Å². The molecule has 2 saturated carbocycles. The van der Waals surface area contributed by atoms with Gasteiger partial charge in [0.15, 0.2) is 0 Å². The molecule has 0 heterocycles. The van der Waals surface area contributed by atoms with Crippen LogP contribution in [0.2, 0.25) is 0 Å². The van der Waals surface area contributed by atoms with Crippen molar-refractivity contribution in [3.8, 4) is 0 Å². The van der Waals surface area contributed by atoms with Crippen LogP contribution in [0.25, 0.3) is 0 Å². The fourth-order valence-electron chi connectivity index (χ4n) is 4.07. The molecule has 2 aliphatic rings. The first-order chi connectivity index (χ1) is 9.27. The van der Waals surface area contributed by atoms with Gasteiger partial charge in [-0.05, 0) is 37.6 Å². The Labute approximate surface area is 117 Å². The van der Waals surface area contributed by atoms with Crippen LogP contribution >= 0.6 is 0 Å². The molecule has 0 aromatic carbocycles. The molecule has 0 bridgehead atoms. The second kappa shape index (κ2) is 7.88. The molecular weight excluding hydrogens is 238 g/mol. The zero-order valence-corrected chi connectivity index (χ0v) is 12.1. The van der Waals surface area contributed by atoms with Crippen LogP contribution in [-0.2, 0) is 4.79 Å². The van der Waals surface area contributed by atoms with Crippen LogP contribution in [-0.4, -0.2) is 23.7 Å². The maximum atomic E-state index is 10.5. The summed E-state index contributed by atoms with van der Waals surface area (Å²) >= 11 is 0. The van der Waals surface area contributed by atoms with E-state index in [9.17, 15) is 4.79 Å². The Morgan fingerprint density at radius 1 is 1.00 bits per heavy atom. The third-order valence-electron chi connectivity index (χ3n) is 5.05. The van der Waals surface area contributed by atoms with Gasteiger partial charge < -0.3 is 10.4 Å². The number of nitrogens with one attached hydrogen (secondary N) is 1. The number of hydrogen-bond acceptors (Lipinski definition) is 2. The van der Waals surface area contributed by atoms with Crippen molar-refractivity contribution < 1.29 is 9.90 Å². The van der Waals surface area contributed by atoms with E-state index in [1.807, 2.05) is 0 Å². The van der Waals surface area contributed by atoms with E-state index >= 15 is 0 Å². The van der Waals surface area contributed by atoms with Crippen LogP contribution < -0.4 is 5.32 Å². The van der Waals surface area contributed by atoms with E-state index in [1.165, 1.54) is 57.8 Å². The lowest BCUT2D eigenvalue weighted by Crippen LogP contribution is -2.42. The Hall–Kier alpha value is -0.570. The molecule has 3 nitrogen and oxygen atoms in total. The second-order valence-electron chi connectivity index (χ2n) is 6.40. The minimum Gasteiger partial charge on any atom is -0.481 e. The van der Waals surface area contributed by atoms with Gasteiger partial charge in [-0.1, -0.05) is 44.9 Å². The molecule has 2 N–H and O–H groups in total. The maximum Gasteiger partial charge on any atom is 0.303 e. The zero-order valence-electron chi connectivity index (χ0n) is 12.1. The predicted molar refractivity (Wildman–Crippen MR) is 77.2 cm³/mol. The summed E-state index contributed by atoms with van der Waals surface area (Å²) in [5, 5.41) is 12.3. The molecule has 0 spiro atoms. The van der Waals surface area contributed by atoms with Gasteiger partial charge in [0, 0.05) is 12.5 Å². The number of carboxylic acids is 1. The lowest BCUT2D eigenvalue weighted by atomic mass is 9.71. The van der Waals surface area contributed by atoms with Crippen molar-refractivity contribution in [1.29, 1.82) is 0 Å². The minimum atomic E-state index is -0.672. The third kappa shape index (κ3) is 4.79. The van der Waals surface area contributed by atoms with Crippen molar-refractivity contribution in [2.75, 3.05) is 6.54 Å². The van der Waals surface area contributed by atoms with Gasteiger partial charge in [-0.3, -0.25) is 4.79 Å². The summed E-state index contributed by atoms with van der Waals surface area (Å²) in [6.45, 7) is 0.875. The van der Waals surface area contributed by atoms with Crippen molar-refractivity contribution in [2.24, 2.45) is 11.8 Å². The predicted octanol–water partition coefficient (Wildman–Crippen LogP) is 3.58. The number of aliphatic carboxylic acids is 1. The van der Waals surface area contributed by atoms with E-state index in [2.05, 4.69) is 5.32 Å². The van der Waals surface area contributed by atoms with Crippen LogP contribution in [0.1, 0.15) is 70.6 Å². The average Bonchev–Trinajstić information content (AvgIpc) is 2.45. The molecule has 0 saturated heterocycles. The normalized spacial score (nSPS) is 29.3. The number of carbonyl (C=O) groups is 1. The molecule has 2 atom stereocenters. The summed E-state index contributed by atoms with van der Waals surface area (Å²) < 4.78 is 0. The van der Waals surface area contributed by atoms with Crippen LogP contribution in [0.3, 0.4) is 0 Å². The van der Waals surface area contributed by atoms with Crippen LogP contribution in [0.15, 0.2) is 0 Å². The molecule has 2 fully saturated rings. The number of rotatable bonds is 6. The van der Waals surface area contributed by atoms with Crippen molar-refractivity contribution in [3.63, 3.8) is 0 Å². The Bertz CT molecular complexity index is 274. The van der Waals surface area contributed by atoms with E-state index in [0.29, 0.717) is 12.5 Å². The fraction of sp³-hybridized carbons (Fsp3) is 0.938. The van der Waals surface area contributed by atoms with Crippen LogP contribution in [0.5, 0.6) is 0 Å². The molecular formula is C16H29NO2. The molecule has 110 valence electrons. The fourth-order valence-corrected chi connectivity index (χ4v) is 4.07. The first-order valence-corrected chi connectivity index (χ1v) is 8.22. The van der Waals surface area contributed by atoms with E-state index in [1.54, 1.807) is 0 Å². The molecule has 3 heteroatoms. The lowest BCUT2D eigenvalue weighted by molar-refractivity contribution is -0.137. The second-order valence-corrected chi connectivity index (χ2v) is 6.40. The standard InChI is InChI=1S/C16H29NO2/c18-16(19)11-6-12-17-15-10-5-4-9-14(15)13-7-2-1-3-8-13/h13-15,17H,1-12H2,(H,18,19). The van der Waals surface area contributed by atoms with Crippen LogP contribution in [0, 0.1) is 11.8 Å². The van der Waals surface area contributed by atoms with Gasteiger partial charge in [0.1, 0.15) is 0 Å². The van der Waals surface area contributed by atoms with Gasteiger partial charge in [-0.15, -0.1) is 0 Å². The molecule has 0 amide bonds. The van der Waals surface area contributed by atoms with Crippen molar-refractivity contribution >= 4 is 5.97 Å². The van der Waals surface area contributed by atoms with Gasteiger partial charge in [-0.2, -0.15) is 0 Å². The number of carboxylic acid groups (broad SMARTS) is 1. The highest BCUT2D eigenvalue weighted by molar-refractivity contribution is 5.66. The first kappa shape index (κ1) is 14.8. The summed E-state index contributed by atoms with van der Waals surface area (Å²) in [5.41, 5.74) is 0. The summed E-state index contributed by atoms with van der Waals surface area (Å²) in [5.74, 6) is 1.12. The van der Waals surface area contributed by atoms with Crippen LogP contribution in [0.4, 0.5) is 0 Å². The zero-order chi connectivity index (χ0) is 13.5. The third-order valence-corrected chi connectivity index (χ3v) is 5.05. The molecule has 0 aliphatic heterocycles. The van der Waals surface area contributed by atoms with E-state index in [4.69, 9.17) is 5.11 Å². The van der Waals surface area contributed by atoms with E-state index < -0.39 is 5.97 Å². The highest BCUT2D eigenvalue weighted by Gasteiger charge is 2.31. The monoisotopic (exact) mass is 267 g/mol. The lowest BCUT2D eigenvalue weighted by Gasteiger charge is -2.39. The van der Waals surface area contributed by atoms with Gasteiger partial charge in [0.2, 0.25) is 0 Å². The van der Waals surface area contributed by atoms with E-state index in [0.717, 1.165) is 24.8 Å². The Morgan fingerprint density at radius 2 is 1.68 bits per heavy atom. The van der Waals surface area contributed by atoms with Crippen molar-refractivity contribution in [3.05, 3.63) is 0 Å². The summed E-state index contributed by atoms with van der Waals surface area (Å²) in [4.78, 5) is 10.5. The molecule has 2 rings (SSSR count). The highest BCUT2D eigenvalue weighted by Crippen LogP contribution is 2.38. The van der Waals surface area contributed by atoms with Crippen molar-refractivity contribution in [2.45, 2.75) is 76.7 Å². The molecule has 19 heavy (non-hydrogen) atoms. The molecule has 2 unspecified atom stereocenters. The first-order valence-electron chi connectivity index (χ1n) is 8.22. The SMILES string of the molecule is O=C(O)CCCNC1CCCCC1C1CCCCC1. The molecule has 2 aliphatic carbocycles. The molecule has 0 aromatic rings. The van der Waals surface area contributed by atoms with Gasteiger partial charge in [0.05, 0.1) is 0 Å². The van der Waals surface area contributed by atoms with Gasteiger partial charge in [-0.25, -0.2) is 0 Å². The summed E-state index contributed by atoms with van der Waals surface area (Å²) in [7, 11) is 0. The quantitative estimate of drug-likeness (QED) is 0.723. The van der Waals surface area contributed by atoms with E-state index in [-0.39, 0.29) is 0 Å². The average molecular weight is 267 g/mol. The summed E-state index contributed by atoms with van der Waals surface area (Å²) in [6, 6.07) is 0.658. The van der Waals surface area contributed by atoms with Crippen molar-refractivity contribution in [1.82, 2.24) is 5.32 Å². The molecule has 0 radical (unpaired) electrons. The summed E-state index contributed by atoms with van der Waals surface area (Å²) in [6.07, 6.45) is 13.6. The smallest absolute Gasteiger partial charge is 0.303 e. The molecule has 0 aromatic heterocycles. The maximum absolute atomic E-state index is 10.5. The highest BCUT2D eigenvalue weighted by atomic mass is 16.4. The number of hydrogen-bond donors (Lipinski definition) is 2. The Kier molecular flexibility index (Phi) is 6.15. The van der Waals surface area contributed by atoms with Gasteiger partial charge >= 0.3 is 5.97 Å². The van der Waals surface area contributed by atoms with Gasteiger partial charge in [0.25, 0.3) is 0 Å². The largest absolute Gasteiger partial charge is 0.481 e.